The lowest BCUT2D eigenvalue weighted by atomic mass is 9.86. The summed E-state index contributed by atoms with van der Waals surface area (Å²) in [5.41, 5.74) is 1.85. The van der Waals surface area contributed by atoms with Crippen LogP contribution in [0.5, 0.6) is 0 Å². The van der Waals surface area contributed by atoms with Crippen molar-refractivity contribution < 1.29 is 4.79 Å². The zero-order valence-electron chi connectivity index (χ0n) is 18.1. The van der Waals surface area contributed by atoms with Gasteiger partial charge in [-0.25, -0.2) is 9.78 Å². The van der Waals surface area contributed by atoms with E-state index in [4.69, 9.17) is 0 Å². The molecule has 29 heavy (non-hydrogen) atoms. The highest BCUT2D eigenvalue weighted by Crippen LogP contribution is 2.27. The van der Waals surface area contributed by atoms with E-state index in [2.05, 4.69) is 59.2 Å². The fourth-order valence-corrected chi connectivity index (χ4v) is 3.62. The van der Waals surface area contributed by atoms with E-state index in [0.717, 1.165) is 44.1 Å². The molecule has 1 saturated heterocycles. The number of para-hydroxylation sites is 2. The fraction of sp³-hybridized carbons (Fsp3) is 0.545. The van der Waals surface area contributed by atoms with E-state index in [1.165, 1.54) is 0 Å². The lowest BCUT2D eigenvalue weighted by molar-refractivity contribution is 0.218. The molecule has 1 unspecified atom stereocenters. The van der Waals surface area contributed by atoms with E-state index in [0.29, 0.717) is 6.54 Å². The number of urea groups is 1. The van der Waals surface area contributed by atoms with Gasteiger partial charge in [-0.05, 0) is 24.1 Å². The van der Waals surface area contributed by atoms with Crippen LogP contribution in [0.15, 0.2) is 43.0 Å². The Morgan fingerprint density at radius 3 is 2.52 bits per heavy atom. The number of hydrogen-bond donors (Lipinski definition) is 2. The summed E-state index contributed by atoms with van der Waals surface area (Å²) in [6, 6.07) is 7.85. The average molecular weight is 399 g/mol. The van der Waals surface area contributed by atoms with E-state index in [-0.39, 0.29) is 17.5 Å². The Morgan fingerprint density at radius 1 is 1.17 bits per heavy atom. The van der Waals surface area contributed by atoms with Gasteiger partial charge in [-0.15, -0.1) is 0 Å². The Morgan fingerprint density at radius 2 is 1.90 bits per heavy atom. The van der Waals surface area contributed by atoms with Crippen molar-refractivity contribution >= 4 is 17.4 Å². The van der Waals surface area contributed by atoms with Crippen molar-refractivity contribution in [2.45, 2.75) is 40.3 Å². The Labute approximate surface area is 174 Å². The molecule has 1 aliphatic heterocycles. The molecule has 3 rings (SSSR count). The summed E-state index contributed by atoms with van der Waals surface area (Å²) in [4.78, 5) is 21.8. The monoisotopic (exact) mass is 398 g/mol. The van der Waals surface area contributed by atoms with E-state index in [1.54, 1.807) is 12.5 Å². The van der Waals surface area contributed by atoms with Gasteiger partial charge in [0.25, 0.3) is 0 Å². The molecule has 7 nitrogen and oxygen atoms in total. The lowest BCUT2D eigenvalue weighted by Gasteiger charge is -2.36. The molecule has 0 bridgehead atoms. The number of aromatic nitrogens is 2. The number of hydrogen-bond acceptors (Lipinski definition) is 4. The Hall–Kier alpha value is -2.54. The van der Waals surface area contributed by atoms with E-state index in [1.807, 2.05) is 29.0 Å². The first kappa shape index (κ1) is 21.2. The third-order valence-corrected chi connectivity index (χ3v) is 5.62. The van der Waals surface area contributed by atoms with Gasteiger partial charge in [-0.3, -0.25) is 0 Å². The SMILES string of the molecule is CCN1CCN(c2ccccc2NC(=O)NC(Cn2ccnc2)C(C)(C)C)CC1. The molecule has 0 aliphatic carbocycles. The molecule has 2 heterocycles. The van der Waals surface area contributed by atoms with Crippen LogP contribution in [0, 0.1) is 5.41 Å². The summed E-state index contributed by atoms with van der Waals surface area (Å²) in [5, 5.41) is 6.25. The Kier molecular flexibility index (Phi) is 6.79. The van der Waals surface area contributed by atoms with Crippen LogP contribution in [-0.2, 0) is 6.54 Å². The molecule has 2 amide bonds. The fourth-order valence-electron chi connectivity index (χ4n) is 3.62. The smallest absolute Gasteiger partial charge is 0.319 e. The van der Waals surface area contributed by atoms with Crippen molar-refractivity contribution in [2.75, 3.05) is 42.9 Å². The van der Waals surface area contributed by atoms with Crippen molar-refractivity contribution in [3.8, 4) is 0 Å². The van der Waals surface area contributed by atoms with Gasteiger partial charge in [0.15, 0.2) is 0 Å². The highest BCUT2D eigenvalue weighted by molar-refractivity contribution is 5.93. The number of amides is 2. The molecule has 7 heteroatoms. The minimum atomic E-state index is -0.176. The van der Waals surface area contributed by atoms with Crippen molar-refractivity contribution in [3.05, 3.63) is 43.0 Å². The maximum absolute atomic E-state index is 12.9. The number of carbonyl (C=O) groups is 1. The summed E-state index contributed by atoms with van der Waals surface area (Å²) >= 11 is 0. The van der Waals surface area contributed by atoms with Gasteiger partial charge >= 0.3 is 6.03 Å². The van der Waals surface area contributed by atoms with Gasteiger partial charge < -0.3 is 25.0 Å². The minimum Gasteiger partial charge on any atom is -0.367 e. The van der Waals surface area contributed by atoms with Gasteiger partial charge in [-0.1, -0.05) is 39.8 Å². The zero-order chi connectivity index (χ0) is 20.9. The van der Waals surface area contributed by atoms with Crippen LogP contribution in [-0.4, -0.2) is 59.2 Å². The van der Waals surface area contributed by atoms with Crippen molar-refractivity contribution in [2.24, 2.45) is 5.41 Å². The number of benzene rings is 1. The Bertz CT molecular complexity index is 775. The molecule has 1 fully saturated rings. The first-order valence-electron chi connectivity index (χ1n) is 10.5. The van der Waals surface area contributed by atoms with Gasteiger partial charge in [0.05, 0.1) is 23.7 Å². The molecule has 0 radical (unpaired) electrons. The predicted octanol–water partition coefficient (Wildman–Crippen LogP) is 3.26. The number of nitrogens with one attached hydrogen (secondary N) is 2. The quantitative estimate of drug-likeness (QED) is 0.784. The van der Waals surface area contributed by atoms with Crippen molar-refractivity contribution in [1.29, 1.82) is 0 Å². The highest BCUT2D eigenvalue weighted by Gasteiger charge is 2.27. The first-order valence-corrected chi connectivity index (χ1v) is 10.5. The van der Waals surface area contributed by atoms with Crippen molar-refractivity contribution in [1.82, 2.24) is 19.8 Å². The number of nitrogens with zero attached hydrogens (tertiary/aromatic N) is 4. The zero-order valence-corrected chi connectivity index (χ0v) is 18.1. The topological polar surface area (TPSA) is 65.4 Å². The van der Waals surface area contributed by atoms with Gasteiger partial charge in [-0.2, -0.15) is 0 Å². The Balaban J connectivity index is 1.67. The summed E-state index contributed by atoms with van der Waals surface area (Å²) in [7, 11) is 0. The first-order chi connectivity index (χ1) is 13.9. The third kappa shape index (κ3) is 5.73. The maximum atomic E-state index is 12.9. The van der Waals surface area contributed by atoms with Crippen LogP contribution in [0.25, 0.3) is 0 Å². The molecule has 0 spiro atoms. The standard InChI is InChI=1S/C22H34N6O/c1-5-26-12-14-28(15-13-26)19-9-7-6-8-18(19)24-21(29)25-20(22(2,3)4)16-27-11-10-23-17-27/h6-11,17,20H,5,12-16H2,1-4H3,(H2,24,25,29). The second-order valence-corrected chi connectivity index (χ2v) is 8.72. The number of likely N-dealkylation sites (N-methyl/N-ethyl adjacent to an activating group) is 1. The molecule has 1 aliphatic rings. The summed E-state index contributed by atoms with van der Waals surface area (Å²) in [5.74, 6) is 0. The van der Waals surface area contributed by atoms with Crippen LogP contribution in [0.2, 0.25) is 0 Å². The molecular formula is C22H34N6O. The molecule has 0 saturated carbocycles. The van der Waals surface area contributed by atoms with Crippen LogP contribution in [0.4, 0.5) is 16.2 Å². The van der Waals surface area contributed by atoms with Gasteiger partial charge in [0.1, 0.15) is 0 Å². The molecule has 2 aromatic rings. The lowest BCUT2D eigenvalue weighted by Crippen LogP contribution is -2.48. The third-order valence-electron chi connectivity index (χ3n) is 5.62. The largest absolute Gasteiger partial charge is 0.367 e. The summed E-state index contributed by atoms with van der Waals surface area (Å²) < 4.78 is 2.00. The number of anilines is 2. The summed E-state index contributed by atoms with van der Waals surface area (Å²) in [6.45, 7) is 14.4. The maximum Gasteiger partial charge on any atom is 0.319 e. The summed E-state index contributed by atoms with van der Waals surface area (Å²) in [6.07, 6.45) is 5.46. The number of piperazine rings is 1. The van der Waals surface area contributed by atoms with Gasteiger partial charge in [0.2, 0.25) is 0 Å². The molecule has 1 aromatic carbocycles. The number of rotatable bonds is 6. The second-order valence-electron chi connectivity index (χ2n) is 8.72. The van der Waals surface area contributed by atoms with E-state index < -0.39 is 0 Å². The molecule has 2 N–H and O–H groups in total. The van der Waals surface area contributed by atoms with Gasteiger partial charge in [0, 0.05) is 45.1 Å². The molecule has 158 valence electrons. The van der Waals surface area contributed by atoms with E-state index >= 15 is 0 Å². The number of carbonyl (C=O) groups excluding carboxylic acids is 1. The van der Waals surface area contributed by atoms with Crippen LogP contribution >= 0.6 is 0 Å². The molecule has 1 aromatic heterocycles. The highest BCUT2D eigenvalue weighted by atomic mass is 16.2. The second kappa shape index (κ2) is 9.31. The van der Waals surface area contributed by atoms with Crippen LogP contribution in [0.1, 0.15) is 27.7 Å². The molecular weight excluding hydrogens is 364 g/mol. The van der Waals surface area contributed by atoms with E-state index in [9.17, 15) is 4.79 Å². The average Bonchev–Trinajstić information content (AvgIpc) is 3.20. The molecule has 1 atom stereocenters. The van der Waals surface area contributed by atoms with Crippen LogP contribution in [0.3, 0.4) is 0 Å². The van der Waals surface area contributed by atoms with Crippen molar-refractivity contribution in [3.63, 3.8) is 0 Å². The van der Waals surface area contributed by atoms with Crippen LogP contribution < -0.4 is 15.5 Å². The predicted molar refractivity (Wildman–Crippen MR) is 118 cm³/mol. The number of imidazole rings is 1. The normalized spacial score (nSPS) is 16.5. The minimum absolute atomic E-state index is 0.0306.